The lowest BCUT2D eigenvalue weighted by Gasteiger charge is -2.17. The van der Waals surface area contributed by atoms with Gasteiger partial charge in [-0.3, -0.25) is 9.48 Å². The SMILES string of the molecule is Cc1cnn(Cc2cc(C(=O)NC(CO)CC(C)C)no2)c1. The number of rotatable bonds is 7. The topological polar surface area (TPSA) is 93.2 Å². The maximum Gasteiger partial charge on any atom is 0.273 e. The van der Waals surface area contributed by atoms with Gasteiger partial charge in [0.1, 0.15) is 6.54 Å². The Bertz CT molecular complexity index is 618. The van der Waals surface area contributed by atoms with Gasteiger partial charge in [-0.05, 0) is 24.8 Å². The van der Waals surface area contributed by atoms with Crippen LogP contribution in [0, 0.1) is 12.8 Å². The molecular weight excluding hydrogens is 284 g/mol. The van der Waals surface area contributed by atoms with E-state index < -0.39 is 0 Å². The molecule has 7 heteroatoms. The van der Waals surface area contributed by atoms with E-state index in [1.807, 2.05) is 27.0 Å². The van der Waals surface area contributed by atoms with Crippen molar-refractivity contribution in [2.45, 2.75) is 39.8 Å². The molecule has 7 nitrogen and oxygen atoms in total. The number of aryl methyl sites for hydroxylation is 1. The molecule has 0 spiro atoms. The Morgan fingerprint density at radius 3 is 2.86 bits per heavy atom. The highest BCUT2D eigenvalue weighted by Crippen LogP contribution is 2.09. The summed E-state index contributed by atoms with van der Waals surface area (Å²) < 4.78 is 6.88. The fraction of sp³-hybridized carbons (Fsp3) is 0.533. The quantitative estimate of drug-likeness (QED) is 0.805. The fourth-order valence-electron chi connectivity index (χ4n) is 2.22. The Labute approximate surface area is 129 Å². The largest absolute Gasteiger partial charge is 0.394 e. The van der Waals surface area contributed by atoms with Crippen LogP contribution in [-0.2, 0) is 6.54 Å². The molecule has 2 rings (SSSR count). The lowest BCUT2D eigenvalue weighted by Crippen LogP contribution is -2.38. The molecule has 1 amide bonds. The average molecular weight is 306 g/mol. The number of aromatic nitrogens is 3. The first-order valence-corrected chi connectivity index (χ1v) is 7.34. The third kappa shape index (κ3) is 4.42. The normalized spacial score (nSPS) is 12.6. The van der Waals surface area contributed by atoms with Crippen LogP contribution in [0.5, 0.6) is 0 Å². The van der Waals surface area contributed by atoms with Crippen LogP contribution in [0.3, 0.4) is 0 Å². The Morgan fingerprint density at radius 2 is 2.27 bits per heavy atom. The number of carbonyl (C=O) groups is 1. The van der Waals surface area contributed by atoms with Crippen LogP contribution in [0.15, 0.2) is 23.0 Å². The zero-order chi connectivity index (χ0) is 16.1. The van der Waals surface area contributed by atoms with Crippen LogP contribution in [-0.4, -0.2) is 38.6 Å². The summed E-state index contributed by atoms with van der Waals surface area (Å²) in [7, 11) is 0. The van der Waals surface area contributed by atoms with Crippen LogP contribution in [0.2, 0.25) is 0 Å². The molecule has 1 unspecified atom stereocenters. The van der Waals surface area contributed by atoms with Gasteiger partial charge in [0.2, 0.25) is 0 Å². The molecule has 0 aliphatic rings. The van der Waals surface area contributed by atoms with Crippen molar-refractivity contribution in [1.82, 2.24) is 20.3 Å². The third-order valence-electron chi connectivity index (χ3n) is 3.18. The smallest absolute Gasteiger partial charge is 0.273 e. The second kappa shape index (κ2) is 7.22. The van der Waals surface area contributed by atoms with Crippen molar-refractivity contribution in [3.8, 4) is 0 Å². The second-order valence-electron chi connectivity index (χ2n) is 5.88. The summed E-state index contributed by atoms with van der Waals surface area (Å²) in [5, 5.41) is 20.0. The molecule has 0 aliphatic carbocycles. The molecule has 0 aliphatic heterocycles. The number of nitrogens with one attached hydrogen (secondary N) is 1. The molecule has 120 valence electrons. The van der Waals surface area contributed by atoms with E-state index >= 15 is 0 Å². The third-order valence-corrected chi connectivity index (χ3v) is 3.18. The molecule has 0 saturated heterocycles. The van der Waals surface area contributed by atoms with Gasteiger partial charge in [0.15, 0.2) is 11.5 Å². The van der Waals surface area contributed by atoms with Crippen LogP contribution in [0.1, 0.15) is 42.1 Å². The summed E-state index contributed by atoms with van der Waals surface area (Å²) in [5.74, 6) is 0.595. The van der Waals surface area contributed by atoms with Crippen molar-refractivity contribution >= 4 is 5.91 Å². The van der Waals surface area contributed by atoms with E-state index in [9.17, 15) is 9.90 Å². The van der Waals surface area contributed by atoms with Crippen molar-refractivity contribution in [3.05, 3.63) is 35.5 Å². The Hall–Kier alpha value is -2.15. The lowest BCUT2D eigenvalue weighted by atomic mass is 10.0. The highest BCUT2D eigenvalue weighted by Gasteiger charge is 2.18. The molecule has 1 atom stereocenters. The first-order chi connectivity index (χ1) is 10.5. The van der Waals surface area contributed by atoms with E-state index in [0.29, 0.717) is 24.6 Å². The number of aliphatic hydroxyl groups is 1. The van der Waals surface area contributed by atoms with Crippen molar-refractivity contribution in [2.24, 2.45) is 5.92 Å². The number of hydrogen-bond donors (Lipinski definition) is 2. The van der Waals surface area contributed by atoms with E-state index in [0.717, 1.165) is 5.56 Å². The van der Waals surface area contributed by atoms with Crippen LogP contribution < -0.4 is 5.32 Å². The van der Waals surface area contributed by atoms with Gasteiger partial charge in [-0.25, -0.2) is 0 Å². The van der Waals surface area contributed by atoms with Gasteiger partial charge < -0.3 is 14.9 Å². The monoisotopic (exact) mass is 306 g/mol. The van der Waals surface area contributed by atoms with Crippen LogP contribution in [0.25, 0.3) is 0 Å². The van der Waals surface area contributed by atoms with E-state index in [2.05, 4.69) is 15.6 Å². The van der Waals surface area contributed by atoms with Gasteiger partial charge in [0.25, 0.3) is 5.91 Å². The van der Waals surface area contributed by atoms with Gasteiger partial charge in [-0.1, -0.05) is 19.0 Å². The van der Waals surface area contributed by atoms with Gasteiger partial charge >= 0.3 is 0 Å². The van der Waals surface area contributed by atoms with E-state index in [1.54, 1.807) is 16.9 Å². The highest BCUT2D eigenvalue weighted by atomic mass is 16.5. The number of aliphatic hydroxyl groups excluding tert-OH is 1. The molecule has 0 aromatic carbocycles. The zero-order valence-electron chi connectivity index (χ0n) is 13.1. The Kier molecular flexibility index (Phi) is 5.32. The molecule has 22 heavy (non-hydrogen) atoms. The van der Waals surface area contributed by atoms with Crippen molar-refractivity contribution in [2.75, 3.05) is 6.61 Å². The minimum Gasteiger partial charge on any atom is -0.394 e. The first-order valence-electron chi connectivity index (χ1n) is 7.34. The summed E-state index contributed by atoms with van der Waals surface area (Å²) in [6, 6.07) is 1.32. The molecular formula is C15H22N4O3. The van der Waals surface area contributed by atoms with E-state index in [1.165, 1.54) is 0 Å². The van der Waals surface area contributed by atoms with Gasteiger partial charge in [0.05, 0.1) is 18.8 Å². The number of nitrogens with zero attached hydrogens (tertiary/aromatic N) is 3. The average Bonchev–Trinajstić information content (AvgIpc) is 3.07. The summed E-state index contributed by atoms with van der Waals surface area (Å²) in [6.45, 7) is 6.35. The van der Waals surface area contributed by atoms with Gasteiger partial charge in [0, 0.05) is 12.3 Å². The number of carbonyl (C=O) groups excluding carboxylic acids is 1. The molecule has 0 radical (unpaired) electrons. The molecule has 2 N–H and O–H groups in total. The van der Waals surface area contributed by atoms with Crippen LogP contribution in [0.4, 0.5) is 0 Å². The first kappa shape index (κ1) is 16.2. The predicted molar refractivity (Wildman–Crippen MR) is 80.4 cm³/mol. The second-order valence-corrected chi connectivity index (χ2v) is 5.88. The summed E-state index contributed by atoms with van der Waals surface area (Å²) in [4.78, 5) is 12.1. The van der Waals surface area contributed by atoms with E-state index in [4.69, 9.17) is 4.52 Å². The van der Waals surface area contributed by atoms with E-state index in [-0.39, 0.29) is 24.2 Å². The van der Waals surface area contributed by atoms with Crippen molar-refractivity contribution in [1.29, 1.82) is 0 Å². The highest BCUT2D eigenvalue weighted by molar-refractivity contribution is 5.92. The molecule has 2 aromatic heterocycles. The maximum absolute atomic E-state index is 12.1. The molecule has 0 saturated carbocycles. The Morgan fingerprint density at radius 1 is 1.50 bits per heavy atom. The summed E-state index contributed by atoms with van der Waals surface area (Å²) >= 11 is 0. The molecule has 0 bridgehead atoms. The fourth-order valence-corrected chi connectivity index (χ4v) is 2.22. The minimum atomic E-state index is -0.341. The minimum absolute atomic E-state index is 0.0960. The van der Waals surface area contributed by atoms with Crippen molar-refractivity contribution < 1.29 is 14.4 Å². The maximum atomic E-state index is 12.1. The van der Waals surface area contributed by atoms with Crippen molar-refractivity contribution in [3.63, 3.8) is 0 Å². The van der Waals surface area contributed by atoms with Gasteiger partial charge in [-0.15, -0.1) is 0 Å². The Balaban J connectivity index is 1.96. The number of amides is 1. The summed E-state index contributed by atoms with van der Waals surface area (Å²) in [5.41, 5.74) is 1.26. The summed E-state index contributed by atoms with van der Waals surface area (Å²) in [6.07, 6.45) is 4.34. The molecule has 2 aromatic rings. The lowest BCUT2D eigenvalue weighted by molar-refractivity contribution is 0.0899. The van der Waals surface area contributed by atoms with Crippen LogP contribution >= 0.6 is 0 Å². The standard InChI is InChI=1S/C15H22N4O3/c1-10(2)4-12(9-20)17-15(21)14-5-13(22-18-14)8-19-7-11(3)6-16-19/h5-7,10,12,20H,4,8-9H2,1-3H3,(H,17,21). The molecule has 2 heterocycles. The predicted octanol–water partition coefficient (Wildman–Crippen LogP) is 1.36. The zero-order valence-corrected chi connectivity index (χ0v) is 13.1. The molecule has 0 fully saturated rings. The van der Waals surface area contributed by atoms with Gasteiger partial charge in [-0.2, -0.15) is 5.10 Å². The number of hydrogen-bond acceptors (Lipinski definition) is 5.